The Labute approximate surface area is 87.3 Å². The maximum absolute atomic E-state index is 2.80. The van der Waals surface area contributed by atoms with Crippen LogP contribution >= 0.6 is 0 Å². The van der Waals surface area contributed by atoms with E-state index in [9.17, 15) is 0 Å². The van der Waals surface area contributed by atoms with Crippen LogP contribution in [0.15, 0.2) is 0 Å². The normalized spacial score (nSPS) is 44.8. The van der Waals surface area contributed by atoms with Crippen LogP contribution in [0.25, 0.3) is 0 Å². The van der Waals surface area contributed by atoms with Crippen molar-refractivity contribution in [3.05, 3.63) is 0 Å². The second-order valence-corrected chi connectivity index (χ2v) is 5.55. The third-order valence-corrected chi connectivity index (χ3v) is 4.53. The first-order valence-electron chi connectivity index (χ1n) is 6.27. The number of rotatable bonds is 1. The molecule has 2 nitrogen and oxygen atoms in total. The summed E-state index contributed by atoms with van der Waals surface area (Å²) < 4.78 is 0. The van der Waals surface area contributed by atoms with Gasteiger partial charge in [-0.2, -0.15) is 0 Å². The van der Waals surface area contributed by atoms with E-state index in [2.05, 4.69) is 16.8 Å². The average Bonchev–Trinajstić information content (AvgIpc) is 2.72. The molecule has 1 aliphatic carbocycles. The van der Waals surface area contributed by atoms with Crippen molar-refractivity contribution in [2.75, 3.05) is 33.2 Å². The molecule has 2 aliphatic heterocycles. The van der Waals surface area contributed by atoms with Crippen molar-refractivity contribution in [1.29, 1.82) is 0 Å². The third-order valence-electron chi connectivity index (χ3n) is 4.53. The Bertz CT molecular complexity index is 196. The van der Waals surface area contributed by atoms with Gasteiger partial charge in [0, 0.05) is 19.1 Å². The third kappa shape index (κ3) is 1.40. The van der Waals surface area contributed by atoms with Gasteiger partial charge in [-0.15, -0.1) is 0 Å². The summed E-state index contributed by atoms with van der Waals surface area (Å²) in [5.74, 6) is 1.99. The van der Waals surface area contributed by atoms with Gasteiger partial charge in [0.2, 0.25) is 0 Å². The topological polar surface area (TPSA) is 6.48 Å². The second kappa shape index (κ2) is 3.49. The summed E-state index contributed by atoms with van der Waals surface area (Å²) in [5, 5.41) is 0. The fraction of sp³-hybridized carbons (Fsp3) is 1.00. The molecule has 2 saturated heterocycles. The molecule has 3 rings (SSSR count). The molecular formula is C12H22N2. The van der Waals surface area contributed by atoms with E-state index < -0.39 is 0 Å². The number of fused-ring (bicyclic) bond motifs is 2. The molecule has 2 heterocycles. The maximum atomic E-state index is 2.80. The first-order chi connectivity index (χ1) is 6.84. The Hall–Kier alpha value is -0.0800. The predicted octanol–water partition coefficient (Wildman–Crippen LogP) is 1.42. The standard InChI is InChI=1S/C12H22N2/c1-13-8-10-4-5-11(9-13)12(10)14-6-2-3-7-14/h10-12H,2-9H2,1H3. The number of nitrogens with zero attached hydrogens (tertiary/aromatic N) is 2. The van der Waals surface area contributed by atoms with Crippen LogP contribution in [0.4, 0.5) is 0 Å². The molecule has 2 heteroatoms. The van der Waals surface area contributed by atoms with E-state index in [0.717, 1.165) is 17.9 Å². The Kier molecular flexibility index (Phi) is 2.29. The monoisotopic (exact) mass is 194 g/mol. The Balaban J connectivity index is 1.74. The molecule has 2 bridgehead atoms. The zero-order valence-electron chi connectivity index (χ0n) is 9.28. The molecule has 14 heavy (non-hydrogen) atoms. The second-order valence-electron chi connectivity index (χ2n) is 5.55. The molecule has 80 valence electrons. The lowest BCUT2D eigenvalue weighted by Gasteiger charge is -2.41. The molecule has 0 aromatic carbocycles. The Morgan fingerprint density at radius 3 is 2.07 bits per heavy atom. The van der Waals surface area contributed by atoms with E-state index in [4.69, 9.17) is 0 Å². The van der Waals surface area contributed by atoms with Crippen LogP contribution in [0, 0.1) is 11.8 Å². The molecule has 2 unspecified atom stereocenters. The van der Waals surface area contributed by atoms with E-state index in [1.165, 1.54) is 51.9 Å². The van der Waals surface area contributed by atoms with Crippen LogP contribution < -0.4 is 0 Å². The van der Waals surface area contributed by atoms with Crippen molar-refractivity contribution in [2.24, 2.45) is 11.8 Å². The minimum atomic E-state index is 0.966. The lowest BCUT2D eigenvalue weighted by atomic mass is 9.91. The van der Waals surface area contributed by atoms with Gasteiger partial charge in [-0.25, -0.2) is 0 Å². The van der Waals surface area contributed by atoms with Crippen molar-refractivity contribution in [2.45, 2.75) is 31.7 Å². The summed E-state index contributed by atoms with van der Waals surface area (Å²) in [6.45, 7) is 5.50. The van der Waals surface area contributed by atoms with Crippen molar-refractivity contribution in [1.82, 2.24) is 9.80 Å². The molecule has 0 aromatic heterocycles. The molecule has 0 amide bonds. The summed E-state index contributed by atoms with van der Waals surface area (Å²) in [5.41, 5.74) is 0. The molecule has 3 fully saturated rings. The van der Waals surface area contributed by atoms with E-state index in [0.29, 0.717) is 0 Å². The van der Waals surface area contributed by atoms with E-state index in [1.54, 1.807) is 0 Å². The van der Waals surface area contributed by atoms with E-state index in [1.807, 2.05) is 0 Å². The van der Waals surface area contributed by atoms with Gasteiger partial charge in [0.25, 0.3) is 0 Å². The molecule has 1 saturated carbocycles. The number of hydrogen-bond donors (Lipinski definition) is 0. The van der Waals surface area contributed by atoms with Crippen LogP contribution in [-0.4, -0.2) is 49.1 Å². The minimum absolute atomic E-state index is 0.966. The SMILES string of the molecule is CN1CC2CCC(C1)C2N1CCCC1. The first kappa shape index (κ1) is 9.17. The molecule has 3 aliphatic rings. The predicted molar refractivity (Wildman–Crippen MR) is 58.3 cm³/mol. The van der Waals surface area contributed by atoms with Gasteiger partial charge in [-0.1, -0.05) is 0 Å². The van der Waals surface area contributed by atoms with Gasteiger partial charge in [0.05, 0.1) is 0 Å². The molecule has 0 aromatic rings. The zero-order valence-corrected chi connectivity index (χ0v) is 9.28. The lowest BCUT2D eigenvalue weighted by Crippen LogP contribution is -2.50. The van der Waals surface area contributed by atoms with Crippen molar-refractivity contribution >= 4 is 0 Å². The van der Waals surface area contributed by atoms with E-state index in [-0.39, 0.29) is 0 Å². The van der Waals surface area contributed by atoms with Gasteiger partial charge >= 0.3 is 0 Å². The highest BCUT2D eigenvalue weighted by atomic mass is 15.2. The number of likely N-dealkylation sites (tertiary alicyclic amines) is 2. The first-order valence-corrected chi connectivity index (χ1v) is 6.27. The summed E-state index contributed by atoms with van der Waals surface area (Å²) in [6.07, 6.45) is 5.89. The van der Waals surface area contributed by atoms with Crippen LogP contribution in [0.1, 0.15) is 25.7 Å². The van der Waals surface area contributed by atoms with Crippen molar-refractivity contribution in [3.63, 3.8) is 0 Å². The van der Waals surface area contributed by atoms with Gasteiger partial charge in [-0.05, 0) is 57.7 Å². The number of piperidine rings is 1. The van der Waals surface area contributed by atoms with Crippen LogP contribution in [0.3, 0.4) is 0 Å². The summed E-state index contributed by atoms with van der Waals surface area (Å²) in [6, 6.07) is 0.966. The van der Waals surface area contributed by atoms with Crippen LogP contribution in [-0.2, 0) is 0 Å². The smallest absolute Gasteiger partial charge is 0.0176 e. The average molecular weight is 194 g/mol. The fourth-order valence-corrected chi connectivity index (χ4v) is 4.06. The van der Waals surface area contributed by atoms with Gasteiger partial charge in [-0.3, -0.25) is 4.90 Å². The number of hydrogen-bond acceptors (Lipinski definition) is 2. The Morgan fingerprint density at radius 2 is 1.50 bits per heavy atom. The molecule has 0 N–H and O–H groups in total. The van der Waals surface area contributed by atoms with Gasteiger partial charge < -0.3 is 4.90 Å². The molecule has 0 radical (unpaired) electrons. The lowest BCUT2D eigenvalue weighted by molar-refractivity contribution is 0.0742. The molecular weight excluding hydrogens is 172 g/mol. The van der Waals surface area contributed by atoms with Crippen LogP contribution in [0.2, 0.25) is 0 Å². The van der Waals surface area contributed by atoms with Crippen molar-refractivity contribution in [3.8, 4) is 0 Å². The zero-order chi connectivity index (χ0) is 9.54. The molecule has 2 atom stereocenters. The summed E-state index contributed by atoms with van der Waals surface area (Å²) >= 11 is 0. The highest BCUT2D eigenvalue weighted by Crippen LogP contribution is 2.40. The van der Waals surface area contributed by atoms with Gasteiger partial charge in [0.15, 0.2) is 0 Å². The fourth-order valence-electron chi connectivity index (χ4n) is 4.06. The highest BCUT2D eigenvalue weighted by molar-refractivity contribution is 4.98. The summed E-state index contributed by atoms with van der Waals surface area (Å²) in [4.78, 5) is 5.35. The quantitative estimate of drug-likeness (QED) is 0.623. The Morgan fingerprint density at radius 1 is 0.929 bits per heavy atom. The minimum Gasteiger partial charge on any atom is -0.306 e. The summed E-state index contributed by atoms with van der Waals surface area (Å²) in [7, 11) is 2.30. The van der Waals surface area contributed by atoms with Crippen molar-refractivity contribution < 1.29 is 0 Å². The maximum Gasteiger partial charge on any atom is 0.0176 e. The highest BCUT2D eigenvalue weighted by Gasteiger charge is 2.44. The molecule has 0 spiro atoms. The largest absolute Gasteiger partial charge is 0.306 e. The van der Waals surface area contributed by atoms with E-state index >= 15 is 0 Å². The van der Waals surface area contributed by atoms with Crippen LogP contribution in [0.5, 0.6) is 0 Å². The van der Waals surface area contributed by atoms with Gasteiger partial charge in [0.1, 0.15) is 0 Å².